The van der Waals surface area contributed by atoms with Crippen LogP contribution in [0.4, 0.5) is 0 Å². The lowest BCUT2D eigenvalue weighted by Gasteiger charge is -2.43. The lowest BCUT2D eigenvalue weighted by atomic mass is 9.97. The van der Waals surface area contributed by atoms with E-state index >= 15 is 0 Å². The normalized spacial score (nSPS) is 26.2. The van der Waals surface area contributed by atoms with Gasteiger partial charge in [-0.2, -0.15) is 0 Å². The van der Waals surface area contributed by atoms with E-state index in [0.717, 1.165) is 112 Å². The van der Waals surface area contributed by atoms with Gasteiger partial charge < -0.3 is 171 Å². The molecule has 0 aliphatic carbocycles. The number of hydrogen-bond donors (Lipinski definition) is 22. The fourth-order valence-corrected chi connectivity index (χ4v) is 17.8. The van der Waals surface area contributed by atoms with Crippen LogP contribution >= 0.6 is 46.9 Å². The van der Waals surface area contributed by atoms with Crippen molar-refractivity contribution < 1.29 is 258 Å². The number of carbonyl (C=O) groups is 7. The third-order valence-corrected chi connectivity index (χ3v) is 27.1. The molecule has 3 aliphatic rings. The molecule has 0 radical (unpaired) electrons. The summed E-state index contributed by atoms with van der Waals surface area (Å²) in [5, 5.41) is 119. The average molecular weight is 2250 g/mol. The van der Waals surface area contributed by atoms with E-state index in [9.17, 15) is 141 Å². The predicted octanol–water partition coefficient (Wildman–Crippen LogP) is -0.988. The second-order valence-electron chi connectivity index (χ2n) is 34.8. The first-order valence-electron chi connectivity index (χ1n) is 47.9. The molecule has 32 atom stereocenters. The Hall–Kier alpha value is -3.89. The molecule has 0 aromatic heterocycles. The third kappa shape index (κ3) is 57.5. The molecule has 26 N–H and O–H groups in total. The zero-order valence-electron chi connectivity index (χ0n) is 82.7. The predicted molar refractivity (Wildman–Crippen MR) is 496 cm³/mol. The Kier molecular flexibility index (Phi) is 66.5. The summed E-state index contributed by atoms with van der Waals surface area (Å²) < 4.78 is 204. The number of aliphatic hydroxyl groups excluding tert-OH is 11. The van der Waals surface area contributed by atoms with Crippen LogP contribution in [0.15, 0.2) is 0 Å². The Labute approximate surface area is 844 Å². The van der Waals surface area contributed by atoms with Crippen molar-refractivity contribution >= 4 is 88.7 Å². The highest BCUT2D eigenvalue weighted by Gasteiger charge is 2.51. The number of ether oxygens (including phenoxy) is 12. The van der Waals surface area contributed by atoms with Gasteiger partial charge in [0.15, 0.2) is 25.0 Å². The Morgan fingerprint density at radius 1 is 0.322 bits per heavy atom. The molecule has 65 heteroatoms. The molecule has 3 rings (SSSR count). The quantitative estimate of drug-likeness (QED) is 0.0150. The highest BCUT2D eigenvalue weighted by atomic mass is 31.2. The Morgan fingerprint density at radius 2 is 0.603 bits per heavy atom. The second kappa shape index (κ2) is 71.3. The molecule has 3 aliphatic heterocycles. The van der Waals surface area contributed by atoms with E-state index in [2.05, 4.69) is 28.2 Å². The zero-order valence-corrected chi connectivity index (χ0v) is 88.1. The molecule has 146 heavy (non-hydrogen) atoms. The number of unbranched alkanes of at least 4 members (excludes halogenated alkanes) is 20. The van der Waals surface area contributed by atoms with Crippen LogP contribution in [0.3, 0.4) is 0 Å². The second-order valence-corrected chi connectivity index (χ2v) is 43.6. The van der Waals surface area contributed by atoms with Crippen LogP contribution in [0, 0.1) is 0 Å². The standard InChI is InChI=1S/C81H155N5O54P6/c1-8-10-12-14-16-18-20-22-24-26-28-30-64(91)117-35-55(132-65(92)31-29-27-25-23-21-19-17-15-13-11-9-2)36-118-80-73(99)71(97)68(94)62(139-80)47-119-81-74(100)72(98)69(95)63(140-81)48-131-146(115,116)130-46-60(137-79-66(86-53(7)89)70(96)67(93)61(33-88)138-79)45-129-145(113,114)128-44-59(136-78(104)52(6)85)43-127-144(111,112)126-42-58(135-77(103)51(5)84)41-125-143(109,110)124-40-57(134-76(102)50(4)83)39-123-142(107,108)122-38-56(133-75(101)49(3)82)37-121-141(105,106)120-34-54(90)32-87/h49-52,54-63,66-74,79-81,87-88,90,93-100H,8-48,82-85H2,1-7H3,(H,86,89)(H,105,106)(H,107,108)(H,109,110)(H,111,112)(H,113,114)(H,115,116)/t49-,50-,51-,52-,54-,55+,56-,57-,58-,59-,60-,61+,62+,63+,66+,67+,68+,69+,70+,71-,72-,73+,74+,79-,80+,81+/m0/s1. The molecule has 3 saturated heterocycles. The summed E-state index contributed by atoms with van der Waals surface area (Å²) in [4.78, 5) is 153. The highest BCUT2D eigenvalue weighted by Crippen LogP contribution is 2.50. The van der Waals surface area contributed by atoms with Gasteiger partial charge in [0.1, 0.15) is 141 Å². The van der Waals surface area contributed by atoms with Gasteiger partial charge in [-0.3, -0.25) is 87.8 Å². The molecular weight excluding hydrogens is 2090 g/mol. The van der Waals surface area contributed by atoms with E-state index in [1.807, 2.05) is 0 Å². The van der Waals surface area contributed by atoms with E-state index in [4.69, 9.17) is 130 Å². The van der Waals surface area contributed by atoms with Crippen molar-refractivity contribution in [2.75, 3.05) is 112 Å². The molecule has 0 aromatic carbocycles. The number of rotatable bonds is 82. The first kappa shape index (κ1) is 136. The van der Waals surface area contributed by atoms with E-state index in [0.29, 0.717) is 12.8 Å². The number of phosphoric acid groups is 6. The molecule has 0 aromatic rings. The number of esters is 6. The number of carbonyl (C=O) groups excluding carboxylic acids is 7. The van der Waals surface area contributed by atoms with Gasteiger partial charge in [0.05, 0.1) is 106 Å². The molecule has 0 bridgehead atoms. The zero-order chi connectivity index (χ0) is 110. The molecule has 0 spiro atoms. The van der Waals surface area contributed by atoms with Crippen molar-refractivity contribution in [3.63, 3.8) is 0 Å². The van der Waals surface area contributed by atoms with Crippen LogP contribution in [-0.2, 0) is 172 Å². The first-order chi connectivity index (χ1) is 68.5. The summed E-state index contributed by atoms with van der Waals surface area (Å²) in [6.07, 6.45) is -18.5. The molecule has 6 unspecified atom stereocenters. The Morgan fingerprint density at radius 3 is 0.925 bits per heavy atom. The molecule has 59 nitrogen and oxygen atoms in total. The number of amides is 1. The summed E-state index contributed by atoms with van der Waals surface area (Å²) in [7, 11) is -33.3. The van der Waals surface area contributed by atoms with E-state index in [1.54, 1.807) is 0 Å². The largest absolute Gasteiger partial charge is 0.472 e. The number of nitrogens with one attached hydrogen (secondary N) is 1. The van der Waals surface area contributed by atoms with Gasteiger partial charge in [0, 0.05) is 19.8 Å². The van der Waals surface area contributed by atoms with Crippen molar-refractivity contribution in [3.8, 4) is 0 Å². The smallest absolute Gasteiger partial charge is 0.462 e. The van der Waals surface area contributed by atoms with Crippen LogP contribution in [0.2, 0.25) is 0 Å². The molecule has 858 valence electrons. The van der Waals surface area contributed by atoms with Crippen LogP contribution in [-0.4, -0.2) is 399 Å². The van der Waals surface area contributed by atoms with Crippen LogP contribution < -0.4 is 28.3 Å². The Bertz CT molecular complexity index is 4030. The Balaban J connectivity index is 1.79. The number of hydrogen-bond acceptors (Lipinski definition) is 52. The van der Waals surface area contributed by atoms with Gasteiger partial charge in [0.2, 0.25) is 5.91 Å². The summed E-state index contributed by atoms with van der Waals surface area (Å²) in [6, 6.07) is -7.71. The van der Waals surface area contributed by atoms with Gasteiger partial charge in [-0.15, -0.1) is 0 Å². The third-order valence-electron chi connectivity index (χ3n) is 21.4. The number of nitrogens with two attached hydrogens (primary N) is 4. The summed E-state index contributed by atoms with van der Waals surface area (Å²) in [5.41, 5.74) is 22.3. The van der Waals surface area contributed by atoms with Crippen molar-refractivity contribution in [2.24, 2.45) is 22.9 Å². The van der Waals surface area contributed by atoms with Gasteiger partial charge in [-0.05, 0) is 40.5 Å². The van der Waals surface area contributed by atoms with Crippen LogP contribution in [0.5, 0.6) is 0 Å². The maximum absolute atomic E-state index is 13.8. The van der Waals surface area contributed by atoms with E-state index in [1.165, 1.54) is 51.4 Å². The number of aliphatic hydroxyl groups is 11. The van der Waals surface area contributed by atoms with Gasteiger partial charge in [-0.1, -0.05) is 142 Å². The first-order valence-corrected chi connectivity index (χ1v) is 56.8. The van der Waals surface area contributed by atoms with Crippen molar-refractivity contribution in [3.05, 3.63) is 0 Å². The number of phosphoric ester groups is 6. The minimum absolute atomic E-state index is 0.0113. The maximum atomic E-state index is 13.8. The summed E-state index contributed by atoms with van der Waals surface area (Å²) >= 11 is 0. The molecule has 0 saturated carbocycles. The topological polar surface area (TPSA) is 903 Å². The van der Waals surface area contributed by atoms with Crippen molar-refractivity contribution in [2.45, 2.75) is 362 Å². The van der Waals surface area contributed by atoms with Crippen LogP contribution in [0.1, 0.15) is 203 Å². The van der Waals surface area contributed by atoms with Crippen molar-refractivity contribution in [1.82, 2.24) is 5.32 Å². The van der Waals surface area contributed by atoms with Crippen LogP contribution in [0.25, 0.3) is 0 Å². The fraction of sp³-hybridized carbons (Fsp3) is 0.914. The average Bonchev–Trinajstić information content (AvgIpc) is 0.801. The minimum Gasteiger partial charge on any atom is -0.462 e. The van der Waals surface area contributed by atoms with Gasteiger partial charge >= 0.3 is 82.8 Å². The van der Waals surface area contributed by atoms with Gasteiger partial charge in [0.25, 0.3) is 0 Å². The fourth-order valence-electron chi connectivity index (χ4n) is 13.1. The lowest BCUT2D eigenvalue weighted by molar-refractivity contribution is -0.332. The van der Waals surface area contributed by atoms with Crippen molar-refractivity contribution in [1.29, 1.82) is 0 Å². The summed E-state index contributed by atoms with van der Waals surface area (Å²) in [5.74, 6) is -7.36. The minimum atomic E-state index is -5.76. The molecular formula is C81H155N5O54P6. The van der Waals surface area contributed by atoms with E-state index in [-0.39, 0.29) is 12.8 Å². The maximum Gasteiger partial charge on any atom is 0.472 e. The SMILES string of the molecule is CCCCCCCCCCCCCC(=O)OC[C@H](CO[C@@H]1O[C@H](CO[C@@H]2O[C@H](COP(=O)(O)OC[C@H](COP(=O)(O)OC[C@H](COP(=O)(O)OC[C@H](COP(=O)(O)OC[C@H](COP(=O)(O)OC[C@H](COP(=O)(O)OC[C@@H](O)CO)OC(=O)[C@H](C)N)OC(=O)[C@H](C)N)OC(=O)[C@H](C)N)OC(=O)[C@H](C)N)O[C@H]3O[C@H](CO)[C@@H](O)[C@H](O)[C@H]3NC(C)=O)[C@@H](O)[C@H](O)[C@H]2O)[C@@H](O)[C@H](O)[C@H]1O)OC(=O)CCCCCCCCCCCCC. The highest BCUT2D eigenvalue weighted by molar-refractivity contribution is 7.48. The molecule has 3 heterocycles. The molecule has 1 amide bonds. The van der Waals surface area contributed by atoms with E-state index < -0.39 is 360 Å². The lowest BCUT2D eigenvalue weighted by Crippen LogP contribution is -2.65. The molecule has 3 fully saturated rings. The monoisotopic (exact) mass is 2250 g/mol. The van der Waals surface area contributed by atoms with Gasteiger partial charge in [-0.25, -0.2) is 27.4 Å². The summed E-state index contributed by atoms with van der Waals surface area (Å²) in [6.45, 7) is -9.80.